The van der Waals surface area contributed by atoms with Crippen LogP contribution < -0.4 is 23.8 Å². The molecule has 1 atom stereocenters. The van der Waals surface area contributed by atoms with E-state index in [0.29, 0.717) is 29.2 Å². The van der Waals surface area contributed by atoms with Crippen LogP contribution in [0.2, 0.25) is 0 Å². The molecule has 0 bridgehead atoms. The average molecular weight is 558 g/mol. The van der Waals surface area contributed by atoms with Gasteiger partial charge in [0.05, 0.1) is 42.9 Å². The number of carbonyl (C=O) groups is 1. The molecule has 1 unspecified atom stereocenters. The first kappa shape index (κ1) is 29.2. The Bertz CT molecular complexity index is 1440. The molecule has 0 saturated heterocycles. The maximum Gasteiger partial charge on any atom is 0.273 e. The van der Waals surface area contributed by atoms with Crippen molar-refractivity contribution in [3.05, 3.63) is 81.9 Å². The van der Waals surface area contributed by atoms with Crippen LogP contribution in [0.25, 0.3) is 0 Å². The highest BCUT2D eigenvalue weighted by molar-refractivity contribution is 7.92. The number of hydrogen-bond donors (Lipinski definition) is 1. The molecule has 1 amide bonds. The van der Waals surface area contributed by atoms with Gasteiger partial charge in [0.15, 0.2) is 11.5 Å². The molecule has 0 saturated carbocycles. The maximum atomic E-state index is 13.7. The van der Waals surface area contributed by atoms with Crippen molar-refractivity contribution in [3.63, 3.8) is 0 Å². The second-order valence-electron chi connectivity index (χ2n) is 8.56. The quantitative estimate of drug-likeness (QED) is 0.256. The fraction of sp³-hybridized carbons (Fsp3) is 0.296. The van der Waals surface area contributed by atoms with Crippen LogP contribution in [0, 0.1) is 17.0 Å². The molecule has 0 fully saturated rings. The molecule has 3 aromatic carbocycles. The van der Waals surface area contributed by atoms with Crippen LogP contribution in [-0.4, -0.2) is 47.1 Å². The van der Waals surface area contributed by atoms with Gasteiger partial charge in [-0.1, -0.05) is 19.1 Å². The third-order valence-corrected chi connectivity index (χ3v) is 7.94. The first-order valence-corrected chi connectivity index (χ1v) is 13.4. The van der Waals surface area contributed by atoms with E-state index in [-0.39, 0.29) is 16.3 Å². The molecule has 3 rings (SSSR count). The third-order valence-electron chi connectivity index (χ3n) is 6.17. The largest absolute Gasteiger partial charge is 0.497 e. The van der Waals surface area contributed by atoms with E-state index in [4.69, 9.17) is 14.2 Å². The topological polar surface area (TPSA) is 137 Å². The summed E-state index contributed by atoms with van der Waals surface area (Å²) < 4.78 is 44.2. The molecule has 1 N–H and O–H groups in total. The molecule has 208 valence electrons. The lowest BCUT2D eigenvalue weighted by Gasteiger charge is -2.26. The van der Waals surface area contributed by atoms with Crippen LogP contribution in [0.15, 0.2) is 65.6 Å². The minimum absolute atomic E-state index is 0.188. The van der Waals surface area contributed by atoms with E-state index in [1.165, 1.54) is 52.5 Å². The molecule has 0 aliphatic carbocycles. The number of nitrogens with zero attached hydrogens (tertiary/aromatic N) is 2. The van der Waals surface area contributed by atoms with Gasteiger partial charge in [-0.3, -0.25) is 19.2 Å². The maximum absolute atomic E-state index is 13.7. The minimum atomic E-state index is -4.38. The Balaban J connectivity index is 1.97. The Morgan fingerprint density at radius 2 is 1.64 bits per heavy atom. The lowest BCUT2D eigenvalue weighted by molar-refractivity contribution is -0.385. The number of methoxy groups -OCH3 is 3. The van der Waals surface area contributed by atoms with Gasteiger partial charge in [0.25, 0.3) is 15.7 Å². The lowest BCUT2D eigenvalue weighted by atomic mass is 10.0. The summed E-state index contributed by atoms with van der Waals surface area (Å²) in [5, 5.41) is 14.3. The van der Waals surface area contributed by atoms with Gasteiger partial charge in [-0.25, -0.2) is 8.42 Å². The van der Waals surface area contributed by atoms with E-state index in [1.54, 1.807) is 30.3 Å². The number of nitrogens with one attached hydrogen (secondary N) is 1. The van der Waals surface area contributed by atoms with Gasteiger partial charge in [0.2, 0.25) is 5.91 Å². The first-order chi connectivity index (χ1) is 18.5. The zero-order chi connectivity index (χ0) is 28.7. The second kappa shape index (κ2) is 12.5. The fourth-order valence-electron chi connectivity index (χ4n) is 4.00. The fourth-order valence-corrected chi connectivity index (χ4v) is 5.44. The summed E-state index contributed by atoms with van der Waals surface area (Å²) in [6.45, 7) is 2.83. The van der Waals surface area contributed by atoms with E-state index in [0.717, 1.165) is 15.9 Å². The summed E-state index contributed by atoms with van der Waals surface area (Å²) in [6.07, 6.45) is 0.515. The van der Waals surface area contributed by atoms with E-state index >= 15 is 0 Å². The van der Waals surface area contributed by atoms with Crippen LogP contribution in [0.3, 0.4) is 0 Å². The second-order valence-corrected chi connectivity index (χ2v) is 10.4. The standard InChI is InChI=1S/C27H31N3O8S/c1-6-23(19-8-14-25(37-4)26(15-19)38-5)28-27(31)17-29(20-9-11-21(36-3)12-10-20)39(34,35)22-13-7-18(2)24(16-22)30(32)33/h7-16,23H,6,17H2,1-5H3,(H,28,31). The Kier molecular flexibility index (Phi) is 9.36. The molecular formula is C27H31N3O8S. The predicted octanol–water partition coefficient (Wildman–Crippen LogP) is 4.39. The van der Waals surface area contributed by atoms with Crippen LogP contribution in [0.5, 0.6) is 17.2 Å². The molecule has 11 nitrogen and oxygen atoms in total. The number of rotatable bonds is 12. The Morgan fingerprint density at radius 3 is 2.21 bits per heavy atom. The monoisotopic (exact) mass is 557 g/mol. The highest BCUT2D eigenvalue weighted by Crippen LogP contribution is 2.32. The zero-order valence-corrected chi connectivity index (χ0v) is 23.2. The minimum Gasteiger partial charge on any atom is -0.497 e. The Morgan fingerprint density at radius 1 is 0.974 bits per heavy atom. The molecule has 12 heteroatoms. The normalized spacial score (nSPS) is 11.8. The number of nitro groups is 1. The van der Waals surface area contributed by atoms with Crippen molar-refractivity contribution in [2.24, 2.45) is 0 Å². The Labute approximate surface area is 227 Å². The van der Waals surface area contributed by atoms with Crippen molar-refractivity contribution in [2.75, 3.05) is 32.2 Å². The van der Waals surface area contributed by atoms with E-state index in [9.17, 15) is 23.3 Å². The number of aryl methyl sites for hydroxylation is 1. The molecule has 39 heavy (non-hydrogen) atoms. The Hall–Kier alpha value is -4.32. The summed E-state index contributed by atoms with van der Waals surface area (Å²) in [7, 11) is 0.125. The molecular weight excluding hydrogens is 526 g/mol. The van der Waals surface area contributed by atoms with Gasteiger partial charge < -0.3 is 19.5 Å². The number of hydrogen-bond acceptors (Lipinski definition) is 8. The van der Waals surface area contributed by atoms with E-state index in [2.05, 4.69) is 5.32 Å². The molecule has 0 spiro atoms. The highest BCUT2D eigenvalue weighted by Gasteiger charge is 2.30. The molecule has 0 heterocycles. The smallest absolute Gasteiger partial charge is 0.273 e. The van der Waals surface area contributed by atoms with Gasteiger partial charge in [-0.2, -0.15) is 0 Å². The molecule has 0 aliphatic rings. The average Bonchev–Trinajstić information content (AvgIpc) is 2.94. The summed E-state index contributed by atoms with van der Waals surface area (Å²) >= 11 is 0. The van der Waals surface area contributed by atoms with E-state index in [1.807, 2.05) is 6.92 Å². The number of amides is 1. The number of benzene rings is 3. The summed E-state index contributed by atoms with van der Waals surface area (Å²) in [5.74, 6) is 0.946. The predicted molar refractivity (Wildman–Crippen MR) is 146 cm³/mol. The van der Waals surface area contributed by atoms with Crippen molar-refractivity contribution in [3.8, 4) is 17.2 Å². The van der Waals surface area contributed by atoms with Crippen molar-refractivity contribution in [2.45, 2.75) is 31.2 Å². The summed E-state index contributed by atoms with van der Waals surface area (Å²) in [4.78, 5) is 23.8. The lowest BCUT2D eigenvalue weighted by Crippen LogP contribution is -2.42. The van der Waals surface area contributed by atoms with Crippen LogP contribution in [0.4, 0.5) is 11.4 Å². The number of sulfonamides is 1. The number of carbonyl (C=O) groups excluding carboxylic acids is 1. The molecule has 0 aliphatic heterocycles. The summed E-state index contributed by atoms with van der Waals surface area (Å²) in [6, 6.07) is 14.6. The van der Waals surface area contributed by atoms with Gasteiger partial charge in [-0.15, -0.1) is 0 Å². The summed E-state index contributed by atoms with van der Waals surface area (Å²) in [5.41, 5.74) is 0.910. The van der Waals surface area contributed by atoms with Crippen LogP contribution >= 0.6 is 0 Å². The molecule has 0 aromatic heterocycles. The van der Waals surface area contributed by atoms with Gasteiger partial charge in [0, 0.05) is 11.6 Å². The van der Waals surface area contributed by atoms with Gasteiger partial charge >= 0.3 is 0 Å². The van der Waals surface area contributed by atoms with Crippen molar-refractivity contribution in [1.82, 2.24) is 5.32 Å². The van der Waals surface area contributed by atoms with Crippen molar-refractivity contribution >= 4 is 27.3 Å². The first-order valence-electron chi connectivity index (χ1n) is 12.0. The van der Waals surface area contributed by atoms with Crippen molar-refractivity contribution < 1.29 is 32.3 Å². The SMILES string of the molecule is CCC(NC(=O)CN(c1ccc(OC)cc1)S(=O)(=O)c1ccc(C)c([N+](=O)[O-])c1)c1ccc(OC)c(OC)c1. The van der Waals surface area contributed by atoms with Crippen LogP contribution in [0.1, 0.15) is 30.5 Å². The van der Waals surface area contributed by atoms with Crippen LogP contribution in [-0.2, 0) is 14.8 Å². The van der Waals surface area contributed by atoms with Crippen molar-refractivity contribution in [1.29, 1.82) is 0 Å². The number of nitro benzene ring substituents is 1. The molecule has 0 radical (unpaired) electrons. The third kappa shape index (κ3) is 6.58. The molecule has 3 aromatic rings. The van der Waals surface area contributed by atoms with Gasteiger partial charge in [0.1, 0.15) is 12.3 Å². The van der Waals surface area contributed by atoms with Gasteiger partial charge in [-0.05, 0) is 61.4 Å². The number of ether oxygens (including phenoxy) is 3. The zero-order valence-electron chi connectivity index (χ0n) is 22.3. The highest BCUT2D eigenvalue weighted by atomic mass is 32.2. The number of anilines is 1. The van der Waals surface area contributed by atoms with E-state index < -0.39 is 33.4 Å².